The Hall–Kier alpha value is -0.810. The van der Waals surface area contributed by atoms with Crippen LogP contribution in [0.25, 0.3) is 0 Å². The number of hydrogen-bond acceptors (Lipinski definition) is 3. The van der Waals surface area contributed by atoms with E-state index in [1.165, 1.54) is 58.4 Å². The van der Waals surface area contributed by atoms with E-state index in [0.717, 1.165) is 25.6 Å². The maximum atomic E-state index is 4.36. The predicted octanol–water partition coefficient (Wildman–Crippen LogP) is 1.37. The highest BCUT2D eigenvalue weighted by Gasteiger charge is 2.34. The molecule has 0 aromatic carbocycles. The molecular formula is C17H35N5. The normalized spacial score (nSPS) is 23.1. The molecule has 128 valence electrons. The molecule has 5 nitrogen and oxygen atoms in total. The molecule has 0 atom stereocenters. The van der Waals surface area contributed by atoms with Gasteiger partial charge in [-0.1, -0.05) is 20.3 Å². The van der Waals surface area contributed by atoms with Gasteiger partial charge in [0.15, 0.2) is 5.96 Å². The third-order valence-corrected chi connectivity index (χ3v) is 5.65. The van der Waals surface area contributed by atoms with E-state index in [0.29, 0.717) is 5.41 Å². The standard InChI is InChI=1S/C17H35N5/c1-4-17(7-6-8-17)15-20-16(18-3)19-9-10-22-13-11-21(5-2)12-14-22/h4-15H2,1-3H3,(H2,18,19,20). The summed E-state index contributed by atoms with van der Waals surface area (Å²) in [4.78, 5) is 9.43. The number of piperazine rings is 1. The highest BCUT2D eigenvalue weighted by molar-refractivity contribution is 5.79. The molecule has 5 heteroatoms. The van der Waals surface area contributed by atoms with E-state index in [4.69, 9.17) is 0 Å². The molecule has 0 aromatic rings. The lowest BCUT2D eigenvalue weighted by Crippen LogP contribution is -2.50. The Balaban J connectivity index is 1.60. The summed E-state index contributed by atoms with van der Waals surface area (Å²) in [6, 6.07) is 0. The summed E-state index contributed by atoms with van der Waals surface area (Å²) in [5.41, 5.74) is 0.536. The van der Waals surface area contributed by atoms with Gasteiger partial charge in [-0.15, -0.1) is 0 Å². The molecule has 2 aliphatic rings. The SMILES string of the molecule is CCN1CCN(CCNC(=NC)NCC2(CC)CCC2)CC1. The maximum Gasteiger partial charge on any atom is 0.191 e. The molecule has 0 radical (unpaired) electrons. The molecule has 0 bridgehead atoms. The van der Waals surface area contributed by atoms with Gasteiger partial charge in [-0.25, -0.2) is 0 Å². The zero-order chi connectivity index (χ0) is 15.8. The highest BCUT2D eigenvalue weighted by atomic mass is 15.3. The molecule has 0 aromatic heterocycles. The lowest BCUT2D eigenvalue weighted by molar-refractivity contribution is 0.131. The molecule has 1 saturated heterocycles. The molecule has 1 heterocycles. The van der Waals surface area contributed by atoms with Crippen molar-refractivity contribution in [3.05, 3.63) is 0 Å². The zero-order valence-electron chi connectivity index (χ0n) is 14.8. The van der Waals surface area contributed by atoms with E-state index in [1.54, 1.807) is 0 Å². The van der Waals surface area contributed by atoms with Gasteiger partial charge in [0.2, 0.25) is 0 Å². The summed E-state index contributed by atoms with van der Waals surface area (Å²) in [6.45, 7) is 13.7. The maximum absolute atomic E-state index is 4.36. The first-order valence-corrected chi connectivity index (χ1v) is 9.10. The fourth-order valence-corrected chi connectivity index (χ4v) is 3.49. The number of nitrogens with one attached hydrogen (secondary N) is 2. The first-order valence-electron chi connectivity index (χ1n) is 9.10. The van der Waals surface area contributed by atoms with E-state index < -0.39 is 0 Å². The van der Waals surface area contributed by atoms with Crippen LogP contribution >= 0.6 is 0 Å². The number of nitrogens with zero attached hydrogens (tertiary/aromatic N) is 3. The molecule has 0 amide bonds. The van der Waals surface area contributed by atoms with Crippen molar-refractivity contribution in [2.75, 3.05) is 59.4 Å². The van der Waals surface area contributed by atoms with Crippen molar-refractivity contribution in [3.8, 4) is 0 Å². The lowest BCUT2D eigenvalue weighted by atomic mass is 9.67. The van der Waals surface area contributed by atoms with Crippen LogP contribution in [0.1, 0.15) is 39.5 Å². The molecule has 0 unspecified atom stereocenters. The van der Waals surface area contributed by atoms with E-state index in [1.807, 2.05) is 7.05 Å². The van der Waals surface area contributed by atoms with Gasteiger partial charge in [-0.2, -0.15) is 0 Å². The smallest absolute Gasteiger partial charge is 0.191 e. The molecule has 2 rings (SSSR count). The van der Waals surface area contributed by atoms with Crippen molar-refractivity contribution in [2.24, 2.45) is 10.4 Å². The van der Waals surface area contributed by atoms with Crippen molar-refractivity contribution < 1.29 is 0 Å². The van der Waals surface area contributed by atoms with Crippen LogP contribution < -0.4 is 10.6 Å². The van der Waals surface area contributed by atoms with Crippen LogP contribution in [0.5, 0.6) is 0 Å². The Morgan fingerprint density at radius 1 is 1.05 bits per heavy atom. The van der Waals surface area contributed by atoms with Crippen molar-refractivity contribution >= 4 is 5.96 Å². The van der Waals surface area contributed by atoms with Crippen LogP contribution in [0.3, 0.4) is 0 Å². The van der Waals surface area contributed by atoms with Gasteiger partial charge in [-0.05, 0) is 31.2 Å². The number of guanidine groups is 1. The minimum absolute atomic E-state index is 0.536. The van der Waals surface area contributed by atoms with E-state index in [2.05, 4.69) is 39.3 Å². The van der Waals surface area contributed by atoms with Crippen LogP contribution in [-0.2, 0) is 0 Å². The van der Waals surface area contributed by atoms with Gasteiger partial charge in [0.05, 0.1) is 0 Å². The average molecular weight is 310 g/mol. The number of aliphatic imine (C=N–C) groups is 1. The van der Waals surface area contributed by atoms with E-state index in [-0.39, 0.29) is 0 Å². The van der Waals surface area contributed by atoms with Crippen molar-refractivity contribution in [1.29, 1.82) is 0 Å². The number of hydrogen-bond donors (Lipinski definition) is 2. The van der Waals surface area contributed by atoms with Crippen molar-refractivity contribution in [2.45, 2.75) is 39.5 Å². The van der Waals surface area contributed by atoms with Gasteiger partial charge in [0.25, 0.3) is 0 Å². The van der Waals surface area contributed by atoms with Crippen LogP contribution in [0, 0.1) is 5.41 Å². The fourth-order valence-electron chi connectivity index (χ4n) is 3.49. The van der Waals surface area contributed by atoms with Crippen molar-refractivity contribution in [1.82, 2.24) is 20.4 Å². The number of rotatable bonds is 7. The largest absolute Gasteiger partial charge is 0.356 e. The molecule has 22 heavy (non-hydrogen) atoms. The summed E-state index contributed by atoms with van der Waals surface area (Å²) < 4.78 is 0. The Morgan fingerprint density at radius 3 is 2.23 bits per heavy atom. The third-order valence-electron chi connectivity index (χ3n) is 5.65. The molecule has 2 N–H and O–H groups in total. The second kappa shape index (κ2) is 8.73. The van der Waals surface area contributed by atoms with Crippen LogP contribution in [0.4, 0.5) is 0 Å². The van der Waals surface area contributed by atoms with Gasteiger partial charge in [0, 0.05) is 52.9 Å². The number of likely N-dealkylation sites (N-methyl/N-ethyl adjacent to an activating group) is 1. The average Bonchev–Trinajstić information content (AvgIpc) is 2.53. The molecule has 0 spiro atoms. The summed E-state index contributed by atoms with van der Waals surface area (Å²) in [5, 5.41) is 7.00. The summed E-state index contributed by atoms with van der Waals surface area (Å²) in [7, 11) is 1.87. The molecule has 1 aliphatic heterocycles. The summed E-state index contributed by atoms with van der Waals surface area (Å²) in [6.07, 6.45) is 5.41. The van der Waals surface area contributed by atoms with E-state index in [9.17, 15) is 0 Å². The fraction of sp³-hybridized carbons (Fsp3) is 0.941. The predicted molar refractivity (Wildman–Crippen MR) is 94.5 cm³/mol. The van der Waals surface area contributed by atoms with E-state index >= 15 is 0 Å². The highest BCUT2D eigenvalue weighted by Crippen LogP contribution is 2.42. The van der Waals surface area contributed by atoms with Crippen LogP contribution in [-0.4, -0.2) is 75.2 Å². The van der Waals surface area contributed by atoms with Crippen molar-refractivity contribution in [3.63, 3.8) is 0 Å². The second-order valence-corrected chi connectivity index (χ2v) is 6.84. The monoisotopic (exact) mass is 309 g/mol. The Morgan fingerprint density at radius 2 is 1.73 bits per heavy atom. The van der Waals surface area contributed by atoms with Crippen LogP contribution in [0.2, 0.25) is 0 Å². The molecular weight excluding hydrogens is 274 g/mol. The Kier molecular flexibility index (Phi) is 6.96. The van der Waals surface area contributed by atoms with Gasteiger partial charge in [0.1, 0.15) is 0 Å². The third kappa shape index (κ3) is 4.85. The molecule has 2 fully saturated rings. The van der Waals surface area contributed by atoms with Crippen LogP contribution in [0.15, 0.2) is 4.99 Å². The summed E-state index contributed by atoms with van der Waals surface area (Å²) in [5.74, 6) is 0.965. The minimum Gasteiger partial charge on any atom is -0.356 e. The lowest BCUT2D eigenvalue weighted by Gasteiger charge is -2.41. The topological polar surface area (TPSA) is 42.9 Å². The first kappa shape index (κ1) is 17.5. The van der Waals surface area contributed by atoms with Gasteiger partial charge >= 0.3 is 0 Å². The molecule has 1 aliphatic carbocycles. The molecule has 1 saturated carbocycles. The minimum atomic E-state index is 0.536. The second-order valence-electron chi connectivity index (χ2n) is 6.84. The quantitative estimate of drug-likeness (QED) is 0.551. The van der Waals surface area contributed by atoms with Gasteiger partial charge in [-0.3, -0.25) is 9.89 Å². The summed E-state index contributed by atoms with van der Waals surface area (Å²) >= 11 is 0. The first-order chi connectivity index (χ1) is 10.7. The van der Waals surface area contributed by atoms with Gasteiger partial charge < -0.3 is 15.5 Å². The Bertz CT molecular complexity index is 337. The Labute approximate surface area is 136 Å². The zero-order valence-corrected chi connectivity index (χ0v) is 14.8.